The Labute approximate surface area is 131 Å². The zero-order valence-electron chi connectivity index (χ0n) is 11.7. The largest absolute Gasteiger partial charge is 0.478 e. The maximum atomic E-state index is 12.0. The van der Waals surface area contributed by atoms with Crippen molar-refractivity contribution in [3.63, 3.8) is 0 Å². The SMILES string of the molecule is N#C/C(=C/Nc1ncccn1)C(=O)Nc1cccc(C(=O)O)c1. The molecule has 3 N–H and O–H groups in total. The lowest BCUT2D eigenvalue weighted by atomic mass is 10.2. The second kappa shape index (κ2) is 7.33. The van der Waals surface area contributed by atoms with Gasteiger partial charge < -0.3 is 15.7 Å². The Morgan fingerprint density at radius 3 is 2.61 bits per heavy atom. The molecule has 1 heterocycles. The number of carbonyl (C=O) groups is 2. The molecule has 23 heavy (non-hydrogen) atoms. The summed E-state index contributed by atoms with van der Waals surface area (Å²) in [6.07, 6.45) is 4.19. The van der Waals surface area contributed by atoms with E-state index in [0.29, 0.717) is 0 Å². The van der Waals surface area contributed by atoms with Crippen LogP contribution >= 0.6 is 0 Å². The van der Waals surface area contributed by atoms with E-state index >= 15 is 0 Å². The van der Waals surface area contributed by atoms with Crippen LogP contribution < -0.4 is 10.6 Å². The van der Waals surface area contributed by atoms with Crippen LogP contribution in [0.1, 0.15) is 10.4 Å². The number of amides is 1. The third-order valence-electron chi connectivity index (χ3n) is 2.64. The molecule has 0 saturated carbocycles. The number of carboxylic acid groups (broad SMARTS) is 1. The van der Waals surface area contributed by atoms with E-state index in [9.17, 15) is 9.59 Å². The van der Waals surface area contributed by atoms with E-state index in [-0.39, 0.29) is 22.8 Å². The molecule has 2 rings (SSSR count). The van der Waals surface area contributed by atoms with Crippen molar-refractivity contribution in [1.29, 1.82) is 5.26 Å². The van der Waals surface area contributed by atoms with E-state index in [2.05, 4.69) is 20.6 Å². The van der Waals surface area contributed by atoms with Gasteiger partial charge in [0.05, 0.1) is 5.56 Å². The van der Waals surface area contributed by atoms with Crippen molar-refractivity contribution >= 4 is 23.5 Å². The first-order valence-electron chi connectivity index (χ1n) is 6.38. The van der Waals surface area contributed by atoms with Gasteiger partial charge in [-0.2, -0.15) is 5.26 Å². The van der Waals surface area contributed by atoms with E-state index in [1.54, 1.807) is 12.1 Å². The Morgan fingerprint density at radius 2 is 1.96 bits per heavy atom. The molecule has 1 aromatic carbocycles. The Hall–Kier alpha value is -3.73. The molecule has 0 spiro atoms. The van der Waals surface area contributed by atoms with Gasteiger partial charge in [0.1, 0.15) is 11.6 Å². The molecule has 0 aliphatic carbocycles. The summed E-state index contributed by atoms with van der Waals surface area (Å²) < 4.78 is 0. The number of aromatic nitrogens is 2. The predicted octanol–water partition coefficient (Wildman–Crippen LogP) is 1.63. The average molecular weight is 309 g/mol. The Morgan fingerprint density at radius 1 is 1.22 bits per heavy atom. The van der Waals surface area contributed by atoms with E-state index < -0.39 is 11.9 Å². The molecule has 1 aromatic heterocycles. The van der Waals surface area contributed by atoms with Gasteiger partial charge in [-0.1, -0.05) is 6.07 Å². The summed E-state index contributed by atoms with van der Waals surface area (Å²) in [5.41, 5.74) is 0.0892. The first kappa shape index (κ1) is 15.7. The van der Waals surface area contributed by atoms with Crippen LogP contribution in [0.15, 0.2) is 54.5 Å². The molecule has 0 aliphatic rings. The molecule has 0 atom stereocenters. The van der Waals surface area contributed by atoms with Gasteiger partial charge in [-0.25, -0.2) is 14.8 Å². The molecular weight excluding hydrogens is 298 g/mol. The zero-order valence-corrected chi connectivity index (χ0v) is 11.7. The van der Waals surface area contributed by atoms with Crippen LogP contribution in [0.5, 0.6) is 0 Å². The van der Waals surface area contributed by atoms with Crippen molar-refractivity contribution in [2.45, 2.75) is 0 Å². The molecule has 0 unspecified atom stereocenters. The molecule has 114 valence electrons. The molecule has 0 radical (unpaired) electrons. The van der Waals surface area contributed by atoms with Crippen LogP contribution in [0, 0.1) is 11.3 Å². The molecule has 0 fully saturated rings. The van der Waals surface area contributed by atoms with Crippen molar-refractivity contribution in [2.75, 3.05) is 10.6 Å². The highest BCUT2D eigenvalue weighted by Gasteiger charge is 2.11. The molecule has 1 amide bonds. The zero-order chi connectivity index (χ0) is 16.7. The number of nitrogens with zero attached hydrogens (tertiary/aromatic N) is 3. The van der Waals surface area contributed by atoms with Crippen LogP contribution in [-0.4, -0.2) is 27.0 Å². The quantitative estimate of drug-likeness (QED) is 0.565. The minimum absolute atomic E-state index is 0.0288. The normalized spacial score (nSPS) is 10.5. The smallest absolute Gasteiger partial charge is 0.335 e. The molecule has 2 aromatic rings. The minimum atomic E-state index is -1.11. The molecule has 0 aliphatic heterocycles. The number of hydrogen-bond acceptors (Lipinski definition) is 6. The van der Waals surface area contributed by atoms with Crippen molar-refractivity contribution in [2.24, 2.45) is 0 Å². The van der Waals surface area contributed by atoms with Crippen molar-refractivity contribution in [1.82, 2.24) is 9.97 Å². The van der Waals surface area contributed by atoms with E-state index in [1.165, 1.54) is 42.9 Å². The summed E-state index contributed by atoms with van der Waals surface area (Å²) in [6, 6.07) is 9.07. The van der Waals surface area contributed by atoms with Crippen LogP contribution in [-0.2, 0) is 4.79 Å². The number of carbonyl (C=O) groups excluding carboxylic acids is 1. The lowest BCUT2D eigenvalue weighted by Crippen LogP contribution is -2.15. The number of anilines is 2. The highest BCUT2D eigenvalue weighted by molar-refractivity contribution is 6.07. The number of nitrogens with one attached hydrogen (secondary N) is 2. The lowest BCUT2D eigenvalue weighted by molar-refractivity contribution is -0.112. The Kier molecular flexibility index (Phi) is 4.99. The summed E-state index contributed by atoms with van der Waals surface area (Å²) in [5, 5.41) is 23.0. The van der Waals surface area contributed by atoms with Crippen molar-refractivity contribution in [3.8, 4) is 6.07 Å². The maximum absolute atomic E-state index is 12.0. The van der Waals surface area contributed by atoms with Crippen molar-refractivity contribution in [3.05, 3.63) is 60.1 Å². The third kappa shape index (κ3) is 4.37. The van der Waals surface area contributed by atoms with Crippen LogP contribution in [0.4, 0.5) is 11.6 Å². The molecule has 8 nitrogen and oxygen atoms in total. The van der Waals surface area contributed by atoms with E-state index in [0.717, 1.165) is 0 Å². The molecule has 0 bridgehead atoms. The van der Waals surface area contributed by atoms with Gasteiger partial charge in [0, 0.05) is 24.3 Å². The van der Waals surface area contributed by atoms with Gasteiger partial charge in [-0.15, -0.1) is 0 Å². The highest BCUT2D eigenvalue weighted by atomic mass is 16.4. The van der Waals surface area contributed by atoms with Gasteiger partial charge >= 0.3 is 5.97 Å². The lowest BCUT2D eigenvalue weighted by Gasteiger charge is -2.05. The maximum Gasteiger partial charge on any atom is 0.335 e. The monoisotopic (exact) mass is 309 g/mol. The second-order valence-electron chi connectivity index (χ2n) is 4.23. The van der Waals surface area contributed by atoms with Crippen LogP contribution in [0.2, 0.25) is 0 Å². The third-order valence-corrected chi connectivity index (χ3v) is 2.64. The first-order valence-corrected chi connectivity index (χ1v) is 6.38. The predicted molar refractivity (Wildman–Crippen MR) is 81.4 cm³/mol. The molecule has 0 saturated heterocycles. The van der Waals surface area contributed by atoms with Crippen molar-refractivity contribution < 1.29 is 14.7 Å². The van der Waals surface area contributed by atoms with Gasteiger partial charge in [0.15, 0.2) is 0 Å². The fourth-order valence-electron chi connectivity index (χ4n) is 1.59. The summed E-state index contributed by atoms with van der Waals surface area (Å²) in [7, 11) is 0. The fraction of sp³-hybridized carbons (Fsp3) is 0. The number of rotatable bonds is 5. The second-order valence-corrected chi connectivity index (χ2v) is 4.23. The number of carboxylic acids is 1. The molecule has 8 heteroatoms. The fourth-order valence-corrected chi connectivity index (χ4v) is 1.59. The number of hydrogen-bond donors (Lipinski definition) is 3. The number of benzene rings is 1. The van der Waals surface area contributed by atoms with Gasteiger partial charge in [0.25, 0.3) is 5.91 Å². The first-order chi connectivity index (χ1) is 11.1. The van der Waals surface area contributed by atoms with E-state index in [1.807, 2.05) is 0 Å². The highest BCUT2D eigenvalue weighted by Crippen LogP contribution is 2.12. The Bertz CT molecular complexity index is 796. The average Bonchev–Trinajstić information content (AvgIpc) is 2.56. The van der Waals surface area contributed by atoms with Gasteiger partial charge in [0.2, 0.25) is 5.95 Å². The van der Waals surface area contributed by atoms with E-state index in [4.69, 9.17) is 10.4 Å². The summed E-state index contributed by atoms with van der Waals surface area (Å²) in [6.45, 7) is 0. The van der Waals surface area contributed by atoms with Crippen LogP contribution in [0.25, 0.3) is 0 Å². The summed E-state index contributed by atoms with van der Waals surface area (Å²) in [4.78, 5) is 30.7. The van der Waals surface area contributed by atoms with Crippen LogP contribution in [0.3, 0.4) is 0 Å². The topological polar surface area (TPSA) is 128 Å². The van der Waals surface area contributed by atoms with Gasteiger partial charge in [-0.3, -0.25) is 4.79 Å². The number of nitriles is 1. The number of aromatic carboxylic acids is 1. The van der Waals surface area contributed by atoms with Gasteiger partial charge in [-0.05, 0) is 24.3 Å². The standard InChI is InChI=1S/C15H11N5O3/c16-8-11(9-19-15-17-5-2-6-18-15)13(21)20-12-4-1-3-10(7-12)14(22)23/h1-7,9H,(H,20,21)(H,22,23)(H,17,18,19)/b11-9-. The minimum Gasteiger partial charge on any atom is -0.478 e. The summed E-state index contributed by atoms with van der Waals surface area (Å²) >= 11 is 0. The Balaban J connectivity index is 2.10. The summed E-state index contributed by atoms with van der Waals surface area (Å²) in [5.74, 6) is -1.56. The molecular formula is C15H11N5O3.